The molecule has 0 aromatic rings. The van der Waals surface area contributed by atoms with E-state index in [2.05, 4.69) is 26.1 Å². The molecule has 1 fully saturated rings. The first-order valence-corrected chi connectivity index (χ1v) is 4.97. The van der Waals surface area contributed by atoms with Gasteiger partial charge < -0.3 is 5.32 Å². The van der Waals surface area contributed by atoms with E-state index in [1.807, 2.05) is 0 Å². The van der Waals surface area contributed by atoms with Crippen LogP contribution in [0.1, 0.15) is 40.0 Å². The average molecular weight is 155 g/mol. The third kappa shape index (κ3) is 3.24. The highest BCUT2D eigenvalue weighted by molar-refractivity contribution is 4.80. The number of hydrogen-bond donors (Lipinski definition) is 1. The Labute approximate surface area is 70.6 Å². The van der Waals surface area contributed by atoms with E-state index in [0.717, 1.165) is 11.8 Å². The van der Waals surface area contributed by atoms with Gasteiger partial charge in [0.2, 0.25) is 0 Å². The van der Waals surface area contributed by atoms with Gasteiger partial charge in [0, 0.05) is 6.04 Å². The monoisotopic (exact) mass is 155 g/mol. The SMILES string of the molecule is CCC(C)NCC(C)C1CC1. The van der Waals surface area contributed by atoms with Crippen molar-refractivity contribution in [2.75, 3.05) is 6.54 Å². The first-order valence-electron chi connectivity index (χ1n) is 4.97. The van der Waals surface area contributed by atoms with Gasteiger partial charge in [0.05, 0.1) is 0 Å². The molecule has 2 unspecified atom stereocenters. The summed E-state index contributed by atoms with van der Waals surface area (Å²) in [6.45, 7) is 8.09. The zero-order valence-corrected chi connectivity index (χ0v) is 8.06. The van der Waals surface area contributed by atoms with Crippen molar-refractivity contribution in [1.29, 1.82) is 0 Å². The summed E-state index contributed by atoms with van der Waals surface area (Å²) in [5, 5.41) is 3.55. The van der Waals surface area contributed by atoms with Crippen molar-refractivity contribution < 1.29 is 0 Å². The van der Waals surface area contributed by atoms with Crippen LogP contribution in [0.15, 0.2) is 0 Å². The number of hydrogen-bond acceptors (Lipinski definition) is 1. The first kappa shape index (κ1) is 9.05. The van der Waals surface area contributed by atoms with Crippen molar-refractivity contribution in [3.05, 3.63) is 0 Å². The molecule has 1 N–H and O–H groups in total. The van der Waals surface area contributed by atoms with Crippen LogP contribution in [0.4, 0.5) is 0 Å². The molecule has 1 heteroatoms. The van der Waals surface area contributed by atoms with Gasteiger partial charge in [0.25, 0.3) is 0 Å². The highest BCUT2D eigenvalue weighted by atomic mass is 14.9. The fourth-order valence-electron chi connectivity index (χ4n) is 1.36. The molecule has 0 aromatic heterocycles. The average Bonchev–Trinajstić information content (AvgIpc) is 2.81. The van der Waals surface area contributed by atoms with Gasteiger partial charge in [-0.3, -0.25) is 0 Å². The Morgan fingerprint density at radius 2 is 2.00 bits per heavy atom. The Hall–Kier alpha value is -0.0400. The molecule has 0 spiro atoms. The summed E-state index contributed by atoms with van der Waals surface area (Å²) in [4.78, 5) is 0. The van der Waals surface area contributed by atoms with E-state index in [-0.39, 0.29) is 0 Å². The molecule has 0 bridgehead atoms. The van der Waals surface area contributed by atoms with Crippen LogP contribution in [-0.2, 0) is 0 Å². The maximum atomic E-state index is 3.55. The predicted molar refractivity (Wildman–Crippen MR) is 49.6 cm³/mol. The number of rotatable bonds is 5. The third-order valence-corrected chi connectivity index (χ3v) is 2.83. The smallest absolute Gasteiger partial charge is 0.00362 e. The van der Waals surface area contributed by atoms with Crippen molar-refractivity contribution in [2.45, 2.75) is 46.1 Å². The van der Waals surface area contributed by atoms with Gasteiger partial charge in [-0.2, -0.15) is 0 Å². The van der Waals surface area contributed by atoms with Gasteiger partial charge in [-0.05, 0) is 44.6 Å². The molecule has 1 nitrogen and oxygen atoms in total. The van der Waals surface area contributed by atoms with Gasteiger partial charge in [-0.25, -0.2) is 0 Å². The fraction of sp³-hybridized carbons (Fsp3) is 1.00. The summed E-state index contributed by atoms with van der Waals surface area (Å²) in [5.74, 6) is 1.95. The Morgan fingerprint density at radius 1 is 1.36 bits per heavy atom. The summed E-state index contributed by atoms with van der Waals surface area (Å²) in [6, 6.07) is 0.705. The second kappa shape index (κ2) is 4.10. The van der Waals surface area contributed by atoms with Crippen LogP contribution >= 0.6 is 0 Å². The lowest BCUT2D eigenvalue weighted by Crippen LogP contribution is -2.30. The lowest BCUT2D eigenvalue weighted by molar-refractivity contribution is 0.421. The molecule has 1 aliphatic rings. The van der Waals surface area contributed by atoms with E-state index in [1.165, 1.54) is 25.8 Å². The molecule has 0 saturated heterocycles. The van der Waals surface area contributed by atoms with E-state index in [0.29, 0.717) is 6.04 Å². The van der Waals surface area contributed by atoms with Crippen LogP contribution in [0.5, 0.6) is 0 Å². The predicted octanol–water partition coefficient (Wildman–Crippen LogP) is 2.42. The number of nitrogens with one attached hydrogen (secondary N) is 1. The van der Waals surface area contributed by atoms with Crippen molar-refractivity contribution in [2.24, 2.45) is 11.8 Å². The Morgan fingerprint density at radius 3 is 2.45 bits per heavy atom. The lowest BCUT2D eigenvalue weighted by Gasteiger charge is -2.15. The van der Waals surface area contributed by atoms with Crippen LogP contribution in [0, 0.1) is 11.8 Å². The molecular weight excluding hydrogens is 134 g/mol. The van der Waals surface area contributed by atoms with E-state index >= 15 is 0 Å². The van der Waals surface area contributed by atoms with Crippen molar-refractivity contribution >= 4 is 0 Å². The molecule has 0 aromatic carbocycles. The summed E-state index contributed by atoms with van der Waals surface area (Å²) in [6.07, 6.45) is 4.20. The van der Waals surface area contributed by atoms with Crippen LogP contribution in [0.25, 0.3) is 0 Å². The topological polar surface area (TPSA) is 12.0 Å². The van der Waals surface area contributed by atoms with E-state index in [1.54, 1.807) is 0 Å². The van der Waals surface area contributed by atoms with Gasteiger partial charge in [-0.15, -0.1) is 0 Å². The summed E-state index contributed by atoms with van der Waals surface area (Å²) in [7, 11) is 0. The third-order valence-electron chi connectivity index (χ3n) is 2.83. The quantitative estimate of drug-likeness (QED) is 0.643. The minimum Gasteiger partial charge on any atom is -0.314 e. The highest BCUT2D eigenvalue weighted by Crippen LogP contribution is 2.36. The summed E-state index contributed by atoms with van der Waals surface area (Å²) in [5.41, 5.74) is 0. The fourth-order valence-corrected chi connectivity index (χ4v) is 1.36. The standard InChI is InChI=1S/C10H21N/c1-4-9(3)11-7-8(2)10-5-6-10/h8-11H,4-7H2,1-3H3. The van der Waals surface area contributed by atoms with Gasteiger partial charge in [-0.1, -0.05) is 13.8 Å². The van der Waals surface area contributed by atoms with Crippen LogP contribution < -0.4 is 5.32 Å². The molecule has 1 saturated carbocycles. The van der Waals surface area contributed by atoms with E-state index in [9.17, 15) is 0 Å². The zero-order chi connectivity index (χ0) is 8.27. The van der Waals surface area contributed by atoms with Gasteiger partial charge >= 0.3 is 0 Å². The minimum absolute atomic E-state index is 0.705. The summed E-state index contributed by atoms with van der Waals surface area (Å²) >= 11 is 0. The van der Waals surface area contributed by atoms with Gasteiger partial charge in [0.15, 0.2) is 0 Å². The first-order chi connectivity index (χ1) is 5.24. The van der Waals surface area contributed by atoms with Gasteiger partial charge in [0.1, 0.15) is 0 Å². The summed E-state index contributed by atoms with van der Waals surface area (Å²) < 4.78 is 0. The maximum Gasteiger partial charge on any atom is 0.00362 e. The van der Waals surface area contributed by atoms with Crippen LogP contribution in [0.2, 0.25) is 0 Å². The molecule has 0 aliphatic heterocycles. The maximum absolute atomic E-state index is 3.55. The van der Waals surface area contributed by atoms with Crippen molar-refractivity contribution in [3.63, 3.8) is 0 Å². The van der Waals surface area contributed by atoms with Crippen LogP contribution in [0.3, 0.4) is 0 Å². The molecule has 0 radical (unpaired) electrons. The molecular formula is C10H21N. The molecule has 66 valence electrons. The molecule has 0 heterocycles. The lowest BCUT2D eigenvalue weighted by atomic mass is 10.1. The Bertz CT molecular complexity index is 107. The van der Waals surface area contributed by atoms with Crippen LogP contribution in [-0.4, -0.2) is 12.6 Å². The molecule has 1 aliphatic carbocycles. The van der Waals surface area contributed by atoms with Crippen molar-refractivity contribution in [3.8, 4) is 0 Å². The highest BCUT2D eigenvalue weighted by Gasteiger charge is 2.27. The van der Waals surface area contributed by atoms with Crippen molar-refractivity contribution in [1.82, 2.24) is 5.32 Å². The van der Waals surface area contributed by atoms with E-state index < -0.39 is 0 Å². The molecule has 2 atom stereocenters. The molecule has 0 amide bonds. The van der Waals surface area contributed by atoms with E-state index in [4.69, 9.17) is 0 Å². The largest absolute Gasteiger partial charge is 0.314 e. The Kier molecular flexibility index (Phi) is 3.38. The second-order valence-electron chi connectivity index (χ2n) is 4.03. The minimum atomic E-state index is 0.705. The Balaban J connectivity index is 2.00. The zero-order valence-electron chi connectivity index (χ0n) is 8.06. The normalized spacial score (nSPS) is 23.2. The molecule has 1 rings (SSSR count). The molecule has 11 heavy (non-hydrogen) atoms. The second-order valence-corrected chi connectivity index (χ2v) is 4.03.